The van der Waals surface area contributed by atoms with Crippen LogP contribution in [0.3, 0.4) is 0 Å². The first-order chi connectivity index (χ1) is 6.13. The van der Waals surface area contributed by atoms with Crippen molar-refractivity contribution in [2.45, 2.75) is 0 Å². The van der Waals surface area contributed by atoms with E-state index in [4.69, 9.17) is 11.5 Å². The summed E-state index contributed by atoms with van der Waals surface area (Å²) in [5.74, 6) is 0.576. The average molecular weight is 179 g/mol. The van der Waals surface area contributed by atoms with E-state index in [1.807, 2.05) is 36.0 Å². The molecule has 0 amide bonds. The van der Waals surface area contributed by atoms with Gasteiger partial charge in [0.1, 0.15) is 11.5 Å². The highest BCUT2D eigenvalue weighted by molar-refractivity contribution is 5.97. The van der Waals surface area contributed by atoms with Gasteiger partial charge in [0, 0.05) is 25.7 Å². The van der Waals surface area contributed by atoms with Gasteiger partial charge in [-0.15, -0.1) is 0 Å². The molecular weight excluding hydrogens is 166 g/mol. The molecule has 0 aliphatic carbocycles. The second kappa shape index (κ2) is 2.35. The van der Waals surface area contributed by atoms with Crippen LogP contribution in [0.5, 0.6) is 0 Å². The number of fused-ring (bicyclic) bond motifs is 1. The minimum Gasteiger partial charge on any atom is -0.395 e. The molecule has 0 bridgehead atoms. The molecule has 13 heavy (non-hydrogen) atoms. The number of nitrogen functional groups attached to an aromatic ring is 2. The topological polar surface area (TPSA) is 76.0 Å². The maximum absolute atomic E-state index is 5.84. The number of nitrogens with two attached hydrogens (primary N) is 2. The van der Waals surface area contributed by atoms with E-state index in [9.17, 15) is 0 Å². The van der Waals surface area contributed by atoms with Crippen LogP contribution in [0.25, 0.3) is 11.0 Å². The molecule has 0 radical (unpaired) electrons. The Balaban J connectivity index is 2.84. The standard InChI is InChI=1S/C8H13N5/c1-12(2)13-7(10)6(9)5-3-4-11-8(5)13/h3-4,11H,9-10H2,1-2H3. The van der Waals surface area contributed by atoms with Crippen LogP contribution in [0.15, 0.2) is 12.3 Å². The van der Waals surface area contributed by atoms with Crippen LogP contribution in [0, 0.1) is 0 Å². The Morgan fingerprint density at radius 3 is 2.69 bits per heavy atom. The number of hydrogen-bond donors (Lipinski definition) is 3. The normalized spacial score (nSPS) is 10.9. The van der Waals surface area contributed by atoms with E-state index < -0.39 is 0 Å². The smallest absolute Gasteiger partial charge is 0.148 e. The van der Waals surface area contributed by atoms with Crippen molar-refractivity contribution >= 4 is 22.5 Å². The summed E-state index contributed by atoms with van der Waals surface area (Å²) in [6.45, 7) is 0. The van der Waals surface area contributed by atoms with E-state index in [0.717, 1.165) is 11.0 Å². The third-order valence-electron chi connectivity index (χ3n) is 2.13. The van der Waals surface area contributed by atoms with Gasteiger partial charge in [0.15, 0.2) is 0 Å². The Morgan fingerprint density at radius 2 is 2.08 bits per heavy atom. The van der Waals surface area contributed by atoms with Crippen molar-refractivity contribution in [3.63, 3.8) is 0 Å². The quantitative estimate of drug-likeness (QED) is 0.590. The van der Waals surface area contributed by atoms with E-state index in [0.29, 0.717) is 11.5 Å². The molecule has 0 spiro atoms. The molecule has 5 nitrogen and oxygen atoms in total. The molecule has 70 valence electrons. The van der Waals surface area contributed by atoms with Crippen LogP contribution in [-0.2, 0) is 0 Å². The molecule has 2 aromatic rings. The molecule has 0 fully saturated rings. The minimum absolute atomic E-state index is 0.576. The fourth-order valence-electron chi connectivity index (χ4n) is 1.54. The fraction of sp³-hybridized carbons (Fsp3) is 0.250. The van der Waals surface area contributed by atoms with Crippen molar-refractivity contribution in [3.8, 4) is 0 Å². The summed E-state index contributed by atoms with van der Waals surface area (Å²) >= 11 is 0. The molecule has 2 rings (SSSR count). The first kappa shape index (κ1) is 7.85. The summed E-state index contributed by atoms with van der Waals surface area (Å²) in [6.07, 6.45) is 1.85. The highest BCUT2D eigenvalue weighted by Crippen LogP contribution is 2.28. The summed E-state index contributed by atoms with van der Waals surface area (Å²) < 4.78 is 1.84. The van der Waals surface area contributed by atoms with Crippen LogP contribution in [0.2, 0.25) is 0 Å². The summed E-state index contributed by atoms with van der Waals surface area (Å²) in [5, 5.41) is 2.84. The van der Waals surface area contributed by atoms with E-state index >= 15 is 0 Å². The molecule has 0 saturated heterocycles. The monoisotopic (exact) mass is 179 g/mol. The Labute approximate surface area is 75.9 Å². The lowest BCUT2D eigenvalue weighted by molar-refractivity contribution is 0.765. The van der Waals surface area contributed by atoms with Gasteiger partial charge in [-0.1, -0.05) is 0 Å². The van der Waals surface area contributed by atoms with Gasteiger partial charge >= 0.3 is 0 Å². The van der Waals surface area contributed by atoms with Gasteiger partial charge in [-0.3, -0.25) is 0 Å². The van der Waals surface area contributed by atoms with Gasteiger partial charge in [-0.25, -0.2) is 4.68 Å². The number of nitrogens with zero attached hydrogens (tertiary/aromatic N) is 2. The summed E-state index contributed by atoms with van der Waals surface area (Å²) in [4.78, 5) is 3.09. The van der Waals surface area contributed by atoms with Crippen LogP contribution in [0.1, 0.15) is 0 Å². The fourth-order valence-corrected chi connectivity index (χ4v) is 1.54. The number of aromatic amines is 1. The van der Waals surface area contributed by atoms with Crippen molar-refractivity contribution < 1.29 is 0 Å². The van der Waals surface area contributed by atoms with Crippen LogP contribution >= 0.6 is 0 Å². The molecule has 0 aliphatic heterocycles. The van der Waals surface area contributed by atoms with Gasteiger partial charge in [0.05, 0.1) is 5.69 Å². The van der Waals surface area contributed by atoms with Crippen LogP contribution in [-0.4, -0.2) is 23.8 Å². The molecule has 0 unspecified atom stereocenters. The van der Waals surface area contributed by atoms with Crippen molar-refractivity contribution in [3.05, 3.63) is 12.3 Å². The molecule has 5 heteroatoms. The third-order valence-corrected chi connectivity index (χ3v) is 2.13. The third kappa shape index (κ3) is 0.867. The maximum Gasteiger partial charge on any atom is 0.148 e. The second-order valence-electron chi connectivity index (χ2n) is 3.20. The zero-order chi connectivity index (χ0) is 9.59. The molecule has 0 aliphatic rings. The number of aromatic nitrogens is 2. The molecule has 2 aromatic heterocycles. The summed E-state index contributed by atoms with van der Waals surface area (Å²) in [7, 11) is 3.83. The van der Waals surface area contributed by atoms with Gasteiger partial charge in [0.2, 0.25) is 0 Å². The predicted octanol–water partition coefficient (Wildman–Crippen LogP) is 0.331. The first-order valence-electron chi connectivity index (χ1n) is 4.03. The maximum atomic E-state index is 5.84. The van der Waals surface area contributed by atoms with Gasteiger partial charge in [0.25, 0.3) is 0 Å². The van der Waals surface area contributed by atoms with Crippen molar-refractivity contribution in [2.24, 2.45) is 0 Å². The van der Waals surface area contributed by atoms with Gasteiger partial charge < -0.3 is 21.5 Å². The van der Waals surface area contributed by atoms with E-state index in [-0.39, 0.29) is 0 Å². The number of hydrogen-bond acceptors (Lipinski definition) is 3. The Hall–Kier alpha value is -1.78. The Bertz CT molecular complexity index is 437. The van der Waals surface area contributed by atoms with E-state index in [1.165, 1.54) is 0 Å². The lowest BCUT2D eigenvalue weighted by Gasteiger charge is -2.16. The largest absolute Gasteiger partial charge is 0.395 e. The predicted molar refractivity (Wildman–Crippen MR) is 55.2 cm³/mol. The molecule has 0 aromatic carbocycles. The summed E-state index contributed by atoms with van der Waals surface area (Å²) in [5.41, 5.74) is 13.2. The number of H-pyrrole nitrogens is 1. The van der Waals surface area contributed by atoms with Gasteiger partial charge in [-0.05, 0) is 6.07 Å². The minimum atomic E-state index is 0.576. The molecular formula is C8H13N5. The van der Waals surface area contributed by atoms with Crippen molar-refractivity contribution in [1.82, 2.24) is 9.66 Å². The SMILES string of the molecule is CN(C)n1c(N)c(N)c2cc[nH]c21. The second-order valence-corrected chi connectivity index (χ2v) is 3.20. The van der Waals surface area contributed by atoms with E-state index in [1.54, 1.807) is 0 Å². The Kier molecular flexibility index (Phi) is 1.42. The molecule has 0 saturated carbocycles. The number of anilines is 2. The Morgan fingerprint density at radius 1 is 1.38 bits per heavy atom. The number of nitrogens with one attached hydrogen (secondary N) is 1. The van der Waals surface area contributed by atoms with Crippen LogP contribution < -0.4 is 16.5 Å². The zero-order valence-corrected chi connectivity index (χ0v) is 7.70. The van der Waals surface area contributed by atoms with E-state index in [2.05, 4.69) is 4.98 Å². The zero-order valence-electron chi connectivity index (χ0n) is 7.70. The molecule has 5 N–H and O–H groups in total. The average Bonchev–Trinajstić information content (AvgIpc) is 2.57. The highest BCUT2D eigenvalue weighted by atomic mass is 15.5. The lowest BCUT2D eigenvalue weighted by Crippen LogP contribution is -2.26. The van der Waals surface area contributed by atoms with Crippen molar-refractivity contribution in [1.29, 1.82) is 0 Å². The molecule has 2 heterocycles. The summed E-state index contributed by atoms with van der Waals surface area (Å²) in [6, 6.07) is 1.92. The first-order valence-corrected chi connectivity index (χ1v) is 4.03. The number of rotatable bonds is 1. The van der Waals surface area contributed by atoms with Crippen molar-refractivity contribution in [2.75, 3.05) is 30.6 Å². The lowest BCUT2D eigenvalue weighted by atomic mass is 10.3. The van der Waals surface area contributed by atoms with Crippen LogP contribution in [0.4, 0.5) is 11.5 Å². The highest BCUT2D eigenvalue weighted by Gasteiger charge is 2.13. The van der Waals surface area contributed by atoms with Gasteiger partial charge in [-0.2, -0.15) is 0 Å². The molecule has 0 atom stereocenters.